The number of amides is 2. The number of benzene rings is 1. The van der Waals surface area contributed by atoms with Crippen LogP contribution in [0.3, 0.4) is 0 Å². The number of methoxy groups -OCH3 is 1. The Hall–Kier alpha value is -3.09. The standard InChI is InChI=1S/C24H31N3O4/c1-3-31-21-8-6-18(15-22(21)30-2)7-9-23(28)26-16-19-10-13-27(14-11-19)24(29)20-5-4-12-25-17-20/h4-6,8,12,15,17,19H,3,7,9-11,13-14,16H2,1-2H3,(H,26,28). The number of hydrogen-bond acceptors (Lipinski definition) is 5. The van der Waals surface area contributed by atoms with Crippen molar-refractivity contribution >= 4 is 11.8 Å². The molecule has 1 saturated heterocycles. The highest BCUT2D eigenvalue weighted by molar-refractivity contribution is 5.93. The Labute approximate surface area is 183 Å². The number of nitrogens with one attached hydrogen (secondary N) is 1. The van der Waals surface area contributed by atoms with Gasteiger partial charge in [0.15, 0.2) is 11.5 Å². The number of rotatable bonds is 9. The number of aryl methyl sites for hydroxylation is 1. The van der Waals surface area contributed by atoms with E-state index < -0.39 is 0 Å². The molecule has 0 saturated carbocycles. The van der Waals surface area contributed by atoms with E-state index in [4.69, 9.17) is 9.47 Å². The van der Waals surface area contributed by atoms with Gasteiger partial charge < -0.3 is 19.7 Å². The van der Waals surface area contributed by atoms with Crippen LogP contribution in [0, 0.1) is 5.92 Å². The Balaban J connectivity index is 1.38. The highest BCUT2D eigenvalue weighted by Gasteiger charge is 2.24. The predicted molar refractivity (Wildman–Crippen MR) is 118 cm³/mol. The van der Waals surface area contributed by atoms with E-state index >= 15 is 0 Å². The van der Waals surface area contributed by atoms with Gasteiger partial charge in [-0.15, -0.1) is 0 Å². The second kappa shape index (κ2) is 11.3. The highest BCUT2D eigenvalue weighted by atomic mass is 16.5. The number of carbonyl (C=O) groups is 2. The molecule has 166 valence electrons. The lowest BCUT2D eigenvalue weighted by Crippen LogP contribution is -2.41. The molecule has 1 aliphatic heterocycles. The monoisotopic (exact) mass is 425 g/mol. The minimum Gasteiger partial charge on any atom is -0.493 e. The zero-order valence-corrected chi connectivity index (χ0v) is 18.3. The van der Waals surface area contributed by atoms with Crippen molar-refractivity contribution in [3.63, 3.8) is 0 Å². The molecule has 1 aromatic heterocycles. The third kappa shape index (κ3) is 6.44. The van der Waals surface area contributed by atoms with Crippen molar-refractivity contribution in [1.82, 2.24) is 15.2 Å². The fourth-order valence-corrected chi connectivity index (χ4v) is 3.76. The fraction of sp³-hybridized carbons (Fsp3) is 0.458. The number of piperidine rings is 1. The van der Waals surface area contributed by atoms with E-state index in [1.807, 2.05) is 30.0 Å². The maximum Gasteiger partial charge on any atom is 0.255 e. The number of carbonyl (C=O) groups excluding carboxylic acids is 2. The zero-order chi connectivity index (χ0) is 22.1. The molecule has 7 heteroatoms. The number of ether oxygens (including phenoxy) is 2. The zero-order valence-electron chi connectivity index (χ0n) is 18.3. The topological polar surface area (TPSA) is 80.8 Å². The van der Waals surface area contributed by atoms with E-state index in [0.29, 0.717) is 62.1 Å². The van der Waals surface area contributed by atoms with Gasteiger partial charge in [-0.2, -0.15) is 0 Å². The van der Waals surface area contributed by atoms with Crippen LogP contribution >= 0.6 is 0 Å². The normalized spacial score (nSPS) is 14.2. The van der Waals surface area contributed by atoms with Gasteiger partial charge in [0.2, 0.25) is 5.91 Å². The summed E-state index contributed by atoms with van der Waals surface area (Å²) in [7, 11) is 1.62. The van der Waals surface area contributed by atoms with Gasteiger partial charge in [0.25, 0.3) is 5.91 Å². The molecule has 1 aliphatic rings. The van der Waals surface area contributed by atoms with Gasteiger partial charge >= 0.3 is 0 Å². The van der Waals surface area contributed by atoms with Crippen molar-refractivity contribution in [3.8, 4) is 11.5 Å². The summed E-state index contributed by atoms with van der Waals surface area (Å²) >= 11 is 0. The molecular formula is C24H31N3O4. The minimum absolute atomic E-state index is 0.0290. The van der Waals surface area contributed by atoms with Crippen molar-refractivity contribution in [2.24, 2.45) is 5.92 Å². The maximum atomic E-state index is 12.5. The summed E-state index contributed by atoms with van der Waals surface area (Å²) in [5.41, 5.74) is 1.66. The van der Waals surface area contributed by atoms with Crippen LogP contribution in [0.4, 0.5) is 0 Å². The van der Waals surface area contributed by atoms with Crippen LogP contribution < -0.4 is 14.8 Å². The van der Waals surface area contributed by atoms with Crippen LogP contribution in [0.1, 0.15) is 42.1 Å². The summed E-state index contributed by atoms with van der Waals surface area (Å²) in [5, 5.41) is 3.05. The molecular weight excluding hydrogens is 394 g/mol. The van der Waals surface area contributed by atoms with Crippen LogP contribution in [-0.4, -0.2) is 55.0 Å². The summed E-state index contributed by atoms with van der Waals surface area (Å²) in [6.07, 6.45) is 6.12. The van der Waals surface area contributed by atoms with Crippen LogP contribution in [0.5, 0.6) is 11.5 Å². The summed E-state index contributed by atoms with van der Waals surface area (Å²) in [5.74, 6) is 1.87. The molecule has 1 fully saturated rings. The lowest BCUT2D eigenvalue weighted by molar-refractivity contribution is -0.121. The number of aromatic nitrogens is 1. The summed E-state index contributed by atoms with van der Waals surface area (Å²) < 4.78 is 10.9. The minimum atomic E-state index is 0.0290. The molecule has 1 aromatic carbocycles. The molecule has 0 aliphatic carbocycles. The second-order valence-electron chi connectivity index (χ2n) is 7.70. The molecule has 2 amide bonds. The first-order chi connectivity index (χ1) is 15.1. The Morgan fingerprint density at radius 3 is 2.68 bits per heavy atom. The molecule has 2 heterocycles. The highest BCUT2D eigenvalue weighted by Crippen LogP contribution is 2.28. The van der Waals surface area contributed by atoms with E-state index in [2.05, 4.69) is 10.3 Å². The molecule has 0 radical (unpaired) electrons. The van der Waals surface area contributed by atoms with Gasteiger partial charge in [-0.25, -0.2) is 0 Å². The Kier molecular flexibility index (Phi) is 8.27. The molecule has 31 heavy (non-hydrogen) atoms. The van der Waals surface area contributed by atoms with Crippen molar-refractivity contribution in [1.29, 1.82) is 0 Å². The Morgan fingerprint density at radius 2 is 2.00 bits per heavy atom. The van der Waals surface area contributed by atoms with Gasteiger partial charge in [-0.3, -0.25) is 14.6 Å². The molecule has 1 N–H and O–H groups in total. The van der Waals surface area contributed by atoms with E-state index in [1.54, 1.807) is 31.6 Å². The van der Waals surface area contributed by atoms with Gasteiger partial charge in [0, 0.05) is 38.4 Å². The van der Waals surface area contributed by atoms with E-state index in [0.717, 1.165) is 18.4 Å². The lowest BCUT2D eigenvalue weighted by Gasteiger charge is -2.32. The van der Waals surface area contributed by atoms with Gasteiger partial charge in [0.1, 0.15) is 0 Å². The Morgan fingerprint density at radius 1 is 1.19 bits per heavy atom. The van der Waals surface area contributed by atoms with E-state index in [9.17, 15) is 9.59 Å². The molecule has 0 spiro atoms. The first kappa shape index (κ1) is 22.6. The SMILES string of the molecule is CCOc1ccc(CCC(=O)NCC2CCN(C(=O)c3cccnc3)CC2)cc1OC. The van der Waals surface area contributed by atoms with Crippen molar-refractivity contribution in [2.45, 2.75) is 32.6 Å². The molecule has 3 rings (SSSR count). The smallest absolute Gasteiger partial charge is 0.255 e. The number of nitrogens with zero attached hydrogens (tertiary/aromatic N) is 2. The number of hydrogen-bond donors (Lipinski definition) is 1. The predicted octanol–water partition coefficient (Wildman–Crippen LogP) is 3.09. The number of pyridine rings is 1. The first-order valence-electron chi connectivity index (χ1n) is 10.9. The third-order valence-electron chi connectivity index (χ3n) is 5.57. The lowest BCUT2D eigenvalue weighted by atomic mass is 9.96. The second-order valence-corrected chi connectivity index (χ2v) is 7.70. The van der Waals surface area contributed by atoms with E-state index in [-0.39, 0.29) is 11.8 Å². The van der Waals surface area contributed by atoms with Crippen LogP contribution in [0.2, 0.25) is 0 Å². The largest absolute Gasteiger partial charge is 0.493 e. The van der Waals surface area contributed by atoms with Gasteiger partial charge in [-0.05, 0) is 61.9 Å². The van der Waals surface area contributed by atoms with Crippen LogP contribution in [-0.2, 0) is 11.2 Å². The van der Waals surface area contributed by atoms with Crippen LogP contribution in [0.15, 0.2) is 42.7 Å². The molecule has 0 unspecified atom stereocenters. The van der Waals surface area contributed by atoms with Crippen molar-refractivity contribution < 1.29 is 19.1 Å². The first-order valence-corrected chi connectivity index (χ1v) is 10.9. The molecule has 0 atom stereocenters. The number of likely N-dealkylation sites (tertiary alicyclic amines) is 1. The Bertz CT molecular complexity index is 864. The summed E-state index contributed by atoms with van der Waals surface area (Å²) in [6.45, 7) is 4.58. The average Bonchev–Trinajstić information content (AvgIpc) is 2.82. The van der Waals surface area contributed by atoms with Gasteiger partial charge in [0.05, 0.1) is 19.3 Å². The van der Waals surface area contributed by atoms with Crippen molar-refractivity contribution in [3.05, 3.63) is 53.9 Å². The summed E-state index contributed by atoms with van der Waals surface area (Å²) in [4.78, 5) is 30.7. The maximum absolute atomic E-state index is 12.5. The average molecular weight is 426 g/mol. The third-order valence-corrected chi connectivity index (χ3v) is 5.57. The fourth-order valence-electron chi connectivity index (χ4n) is 3.76. The molecule has 0 bridgehead atoms. The quantitative estimate of drug-likeness (QED) is 0.668. The summed E-state index contributed by atoms with van der Waals surface area (Å²) in [6, 6.07) is 9.35. The molecule has 7 nitrogen and oxygen atoms in total. The van der Waals surface area contributed by atoms with Gasteiger partial charge in [-0.1, -0.05) is 6.07 Å². The molecule has 2 aromatic rings. The van der Waals surface area contributed by atoms with Crippen molar-refractivity contribution in [2.75, 3.05) is 33.4 Å². The van der Waals surface area contributed by atoms with Crippen LogP contribution in [0.25, 0.3) is 0 Å². The van der Waals surface area contributed by atoms with E-state index in [1.165, 1.54) is 0 Å².